The van der Waals surface area contributed by atoms with Crippen molar-refractivity contribution in [1.82, 2.24) is 9.80 Å². The smallest absolute Gasteiger partial charge is 0.260 e. The molecule has 0 radical (unpaired) electrons. The summed E-state index contributed by atoms with van der Waals surface area (Å²) in [5.41, 5.74) is 5.40. The molecule has 0 aliphatic rings. The molecule has 0 heterocycles. The van der Waals surface area contributed by atoms with Gasteiger partial charge in [-0.25, -0.2) is 0 Å². The van der Waals surface area contributed by atoms with Gasteiger partial charge in [-0.05, 0) is 26.0 Å². The van der Waals surface area contributed by atoms with Crippen LogP contribution in [-0.4, -0.2) is 52.6 Å². The number of nitrogens with zero attached hydrogens (tertiary/aromatic N) is 2. The number of primary amides is 1. The summed E-state index contributed by atoms with van der Waals surface area (Å²) >= 11 is 0. The van der Waals surface area contributed by atoms with Gasteiger partial charge >= 0.3 is 0 Å². The molecule has 1 aromatic carbocycles. The van der Waals surface area contributed by atoms with Crippen LogP contribution in [0.1, 0.15) is 31.1 Å². The first-order valence-electron chi connectivity index (χ1n) is 7.19. The molecule has 0 bridgehead atoms. The zero-order valence-corrected chi connectivity index (χ0v) is 13.5. The van der Waals surface area contributed by atoms with Gasteiger partial charge in [0.2, 0.25) is 17.7 Å². The van der Waals surface area contributed by atoms with Crippen molar-refractivity contribution in [2.75, 3.05) is 13.1 Å². The van der Waals surface area contributed by atoms with Gasteiger partial charge in [0, 0.05) is 18.5 Å². The molecule has 23 heavy (non-hydrogen) atoms. The van der Waals surface area contributed by atoms with Crippen LogP contribution in [0, 0.1) is 0 Å². The van der Waals surface area contributed by atoms with Crippen LogP contribution < -0.4 is 5.73 Å². The van der Waals surface area contributed by atoms with Crippen molar-refractivity contribution in [2.45, 2.75) is 26.8 Å². The number of hydrogen-bond donors (Lipinski definition) is 1. The fourth-order valence-electron chi connectivity index (χ4n) is 2.05. The quantitative estimate of drug-likeness (QED) is 0.820. The molecular formula is C16H21N3O4. The molecule has 0 saturated carbocycles. The summed E-state index contributed by atoms with van der Waals surface area (Å²) < 4.78 is 0. The zero-order valence-electron chi connectivity index (χ0n) is 13.5. The molecule has 0 aromatic heterocycles. The lowest BCUT2D eigenvalue weighted by atomic mass is 10.2. The molecule has 7 nitrogen and oxygen atoms in total. The third-order valence-corrected chi connectivity index (χ3v) is 3.21. The Hall–Kier alpha value is -2.70. The largest absolute Gasteiger partial charge is 0.368 e. The van der Waals surface area contributed by atoms with Crippen molar-refractivity contribution in [3.63, 3.8) is 0 Å². The van der Waals surface area contributed by atoms with E-state index in [9.17, 15) is 19.2 Å². The number of carbonyl (C=O) groups excluding carboxylic acids is 4. The maximum atomic E-state index is 12.4. The third-order valence-electron chi connectivity index (χ3n) is 3.21. The number of carbonyl (C=O) groups is 4. The lowest BCUT2D eigenvalue weighted by Crippen LogP contribution is -2.49. The monoisotopic (exact) mass is 319 g/mol. The van der Waals surface area contributed by atoms with E-state index in [0.717, 1.165) is 4.90 Å². The Balaban J connectivity index is 3.01. The first-order valence-corrected chi connectivity index (χ1v) is 7.19. The molecule has 124 valence electrons. The molecule has 0 saturated heterocycles. The summed E-state index contributed by atoms with van der Waals surface area (Å²) in [7, 11) is 0. The first-order chi connectivity index (χ1) is 10.7. The second kappa shape index (κ2) is 8.07. The molecule has 4 amide bonds. The van der Waals surface area contributed by atoms with Gasteiger partial charge in [-0.15, -0.1) is 0 Å². The highest BCUT2D eigenvalue weighted by atomic mass is 16.2. The predicted octanol–water partition coefficient (Wildman–Crippen LogP) is 0.398. The molecule has 0 fully saturated rings. The van der Waals surface area contributed by atoms with Crippen LogP contribution in [0.2, 0.25) is 0 Å². The molecule has 1 aromatic rings. The number of amides is 4. The highest BCUT2D eigenvalue weighted by Crippen LogP contribution is 2.07. The predicted molar refractivity (Wildman–Crippen MR) is 84.2 cm³/mol. The summed E-state index contributed by atoms with van der Waals surface area (Å²) in [6.07, 6.45) is 0. The Morgan fingerprint density at radius 2 is 1.61 bits per heavy atom. The van der Waals surface area contributed by atoms with E-state index in [-0.39, 0.29) is 24.1 Å². The van der Waals surface area contributed by atoms with Gasteiger partial charge in [0.05, 0.1) is 0 Å². The highest BCUT2D eigenvalue weighted by Gasteiger charge is 2.27. The van der Waals surface area contributed by atoms with Crippen LogP contribution in [-0.2, 0) is 14.4 Å². The van der Waals surface area contributed by atoms with Crippen LogP contribution in [0.4, 0.5) is 0 Å². The molecule has 1 rings (SSSR count). The number of hydrogen-bond acceptors (Lipinski definition) is 4. The van der Waals surface area contributed by atoms with Crippen LogP contribution in [0.15, 0.2) is 30.3 Å². The van der Waals surface area contributed by atoms with E-state index < -0.39 is 24.3 Å². The van der Waals surface area contributed by atoms with Gasteiger partial charge < -0.3 is 10.6 Å². The molecule has 0 unspecified atom stereocenters. The third kappa shape index (κ3) is 5.21. The molecule has 7 heteroatoms. The minimum atomic E-state index is -0.804. The van der Waals surface area contributed by atoms with Gasteiger partial charge in [0.1, 0.15) is 13.1 Å². The van der Waals surface area contributed by atoms with Crippen LogP contribution >= 0.6 is 0 Å². The number of benzene rings is 1. The van der Waals surface area contributed by atoms with Gasteiger partial charge in [-0.1, -0.05) is 18.2 Å². The van der Waals surface area contributed by atoms with Crippen molar-refractivity contribution in [1.29, 1.82) is 0 Å². The van der Waals surface area contributed by atoms with E-state index in [0.29, 0.717) is 0 Å². The van der Waals surface area contributed by atoms with Gasteiger partial charge in [-0.2, -0.15) is 0 Å². The van der Waals surface area contributed by atoms with E-state index >= 15 is 0 Å². The Bertz CT molecular complexity index is 599. The Kier molecular flexibility index (Phi) is 6.44. The average molecular weight is 319 g/mol. The average Bonchev–Trinajstić information content (AvgIpc) is 2.49. The second-order valence-electron chi connectivity index (χ2n) is 5.36. The number of nitrogens with two attached hydrogens (primary N) is 1. The fraction of sp³-hybridized carbons (Fsp3) is 0.375. The lowest BCUT2D eigenvalue weighted by molar-refractivity contribution is -0.140. The molecule has 2 N–H and O–H groups in total. The molecule has 0 spiro atoms. The van der Waals surface area contributed by atoms with Crippen LogP contribution in [0.25, 0.3) is 0 Å². The van der Waals surface area contributed by atoms with Gasteiger partial charge in [0.25, 0.3) is 5.91 Å². The number of rotatable bonds is 6. The summed E-state index contributed by atoms with van der Waals surface area (Å²) in [6, 6.07) is 7.89. The topological polar surface area (TPSA) is 101 Å². The molecular weight excluding hydrogens is 298 g/mol. The Morgan fingerprint density at radius 1 is 1.04 bits per heavy atom. The summed E-state index contributed by atoms with van der Waals surface area (Å²) in [5.74, 6) is -2.37. The van der Waals surface area contributed by atoms with E-state index in [1.165, 1.54) is 24.0 Å². The minimum Gasteiger partial charge on any atom is -0.368 e. The first kappa shape index (κ1) is 18.3. The van der Waals surface area contributed by atoms with E-state index in [2.05, 4.69) is 0 Å². The van der Waals surface area contributed by atoms with Crippen LogP contribution in [0.3, 0.4) is 0 Å². The maximum Gasteiger partial charge on any atom is 0.260 e. The van der Waals surface area contributed by atoms with Crippen molar-refractivity contribution >= 4 is 23.6 Å². The van der Waals surface area contributed by atoms with Crippen molar-refractivity contribution in [2.24, 2.45) is 5.73 Å². The van der Waals surface area contributed by atoms with E-state index in [1.807, 2.05) is 0 Å². The Labute approximate surface area is 135 Å². The summed E-state index contributed by atoms with van der Waals surface area (Å²) in [5, 5.41) is 0. The van der Waals surface area contributed by atoms with Crippen LogP contribution in [0.5, 0.6) is 0 Å². The standard InChI is InChI=1S/C16H21N3O4/c1-11(2)18(12(3)20)10-15(22)19(9-14(17)21)16(23)13-7-5-4-6-8-13/h4-8,11H,9-10H2,1-3H3,(H2,17,21). The minimum absolute atomic E-state index is 0.210. The zero-order chi connectivity index (χ0) is 17.6. The fourth-order valence-corrected chi connectivity index (χ4v) is 2.05. The van der Waals surface area contributed by atoms with E-state index in [4.69, 9.17) is 5.73 Å². The summed E-state index contributed by atoms with van der Waals surface area (Å²) in [4.78, 5) is 49.7. The van der Waals surface area contributed by atoms with Crippen molar-refractivity contribution in [3.05, 3.63) is 35.9 Å². The summed E-state index contributed by atoms with van der Waals surface area (Å²) in [6.45, 7) is 4.03. The second-order valence-corrected chi connectivity index (χ2v) is 5.36. The molecule has 0 atom stereocenters. The van der Waals surface area contributed by atoms with Crippen molar-refractivity contribution < 1.29 is 19.2 Å². The normalized spacial score (nSPS) is 10.3. The highest BCUT2D eigenvalue weighted by molar-refractivity contribution is 6.07. The van der Waals surface area contributed by atoms with Gasteiger partial charge in [-0.3, -0.25) is 24.1 Å². The van der Waals surface area contributed by atoms with Gasteiger partial charge in [0.15, 0.2) is 0 Å². The van der Waals surface area contributed by atoms with E-state index in [1.54, 1.807) is 32.0 Å². The van der Waals surface area contributed by atoms with Crippen molar-refractivity contribution in [3.8, 4) is 0 Å². The lowest BCUT2D eigenvalue weighted by Gasteiger charge is -2.27. The maximum absolute atomic E-state index is 12.4. The SMILES string of the molecule is CC(=O)N(CC(=O)N(CC(N)=O)C(=O)c1ccccc1)C(C)C. The molecule has 0 aliphatic carbocycles. The Morgan fingerprint density at radius 3 is 2.04 bits per heavy atom. The molecule has 0 aliphatic heterocycles. The number of imide groups is 1.